The van der Waals surface area contributed by atoms with Crippen LogP contribution in [0.1, 0.15) is 13.3 Å². The standard InChI is InChI=1S/C5H11N3S/c1-3-2-4(6)8-5(9)7-3/h3-4H,2,6H2,1H3,(H2,7,8,9). The van der Waals surface area contributed by atoms with E-state index in [1.165, 1.54) is 0 Å². The van der Waals surface area contributed by atoms with Gasteiger partial charge < -0.3 is 16.4 Å². The van der Waals surface area contributed by atoms with E-state index < -0.39 is 0 Å². The predicted molar refractivity (Wildman–Crippen MR) is 40.9 cm³/mol. The minimum Gasteiger partial charge on any atom is -0.360 e. The average molecular weight is 145 g/mol. The summed E-state index contributed by atoms with van der Waals surface area (Å²) in [5, 5.41) is 6.63. The fourth-order valence-electron chi connectivity index (χ4n) is 0.933. The van der Waals surface area contributed by atoms with E-state index in [9.17, 15) is 0 Å². The fourth-order valence-corrected chi connectivity index (χ4v) is 1.29. The van der Waals surface area contributed by atoms with Gasteiger partial charge in [-0.2, -0.15) is 0 Å². The van der Waals surface area contributed by atoms with E-state index >= 15 is 0 Å². The molecule has 0 amide bonds. The van der Waals surface area contributed by atoms with Gasteiger partial charge >= 0.3 is 0 Å². The lowest BCUT2D eigenvalue weighted by Gasteiger charge is -2.28. The van der Waals surface area contributed by atoms with Gasteiger partial charge in [-0.25, -0.2) is 0 Å². The van der Waals surface area contributed by atoms with E-state index in [0.717, 1.165) is 6.42 Å². The maximum absolute atomic E-state index is 5.58. The molecule has 3 nitrogen and oxygen atoms in total. The molecule has 2 atom stereocenters. The topological polar surface area (TPSA) is 50.1 Å². The number of nitrogens with one attached hydrogen (secondary N) is 2. The fraction of sp³-hybridized carbons (Fsp3) is 0.800. The van der Waals surface area contributed by atoms with E-state index in [1.54, 1.807) is 0 Å². The molecule has 9 heavy (non-hydrogen) atoms. The molecule has 2 unspecified atom stereocenters. The molecule has 0 aromatic heterocycles. The molecule has 0 saturated carbocycles. The normalized spacial score (nSPS) is 35.1. The van der Waals surface area contributed by atoms with Crippen LogP contribution < -0.4 is 16.4 Å². The Morgan fingerprint density at radius 1 is 1.67 bits per heavy atom. The van der Waals surface area contributed by atoms with Crippen molar-refractivity contribution in [2.75, 3.05) is 0 Å². The third-order valence-corrected chi connectivity index (χ3v) is 1.54. The Kier molecular flexibility index (Phi) is 1.87. The van der Waals surface area contributed by atoms with E-state index in [2.05, 4.69) is 17.6 Å². The van der Waals surface area contributed by atoms with Crippen molar-refractivity contribution in [2.24, 2.45) is 5.73 Å². The van der Waals surface area contributed by atoms with Crippen molar-refractivity contribution in [3.05, 3.63) is 0 Å². The lowest BCUT2D eigenvalue weighted by molar-refractivity contribution is 0.453. The summed E-state index contributed by atoms with van der Waals surface area (Å²) in [4.78, 5) is 0. The van der Waals surface area contributed by atoms with Gasteiger partial charge in [0, 0.05) is 12.5 Å². The van der Waals surface area contributed by atoms with Crippen molar-refractivity contribution in [1.82, 2.24) is 10.6 Å². The second-order valence-corrected chi connectivity index (χ2v) is 2.77. The summed E-state index contributed by atoms with van der Waals surface area (Å²) in [5.41, 5.74) is 5.58. The van der Waals surface area contributed by atoms with Gasteiger partial charge in [0.05, 0.1) is 6.17 Å². The Bertz CT molecular complexity index is 113. The van der Waals surface area contributed by atoms with Crippen LogP contribution in [-0.4, -0.2) is 17.3 Å². The molecule has 0 aromatic rings. The molecule has 4 heteroatoms. The smallest absolute Gasteiger partial charge is 0.167 e. The van der Waals surface area contributed by atoms with E-state index in [4.69, 9.17) is 18.0 Å². The summed E-state index contributed by atoms with van der Waals surface area (Å²) in [6, 6.07) is 0.411. The Hall–Kier alpha value is -0.350. The van der Waals surface area contributed by atoms with Gasteiger partial charge in [0.25, 0.3) is 0 Å². The van der Waals surface area contributed by atoms with Crippen LogP contribution in [0.4, 0.5) is 0 Å². The highest BCUT2D eigenvalue weighted by Crippen LogP contribution is 1.97. The molecule has 0 radical (unpaired) electrons. The summed E-state index contributed by atoms with van der Waals surface area (Å²) in [6.45, 7) is 2.06. The Labute approximate surface area is 60.0 Å². The van der Waals surface area contributed by atoms with Gasteiger partial charge in [-0.05, 0) is 19.1 Å². The predicted octanol–water partition coefficient (Wildman–Crippen LogP) is -0.472. The first-order chi connectivity index (χ1) is 4.18. The van der Waals surface area contributed by atoms with E-state index in [0.29, 0.717) is 11.2 Å². The molecule has 0 bridgehead atoms. The zero-order valence-electron chi connectivity index (χ0n) is 5.35. The van der Waals surface area contributed by atoms with Gasteiger partial charge in [-0.15, -0.1) is 0 Å². The highest BCUT2D eigenvalue weighted by molar-refractivity contribution is 7.80. The Morgan fingerprint density at radius 2 is 2.33 bits per heavy atom. The molecule has 1 saturated heterocycles. The monoisotopic (exact) mass is 145 g/mol. The number of hydrogen-bond donors (Lipinski definition) is 3. The van der Waals surface area contributed by atoms with Crippen LogP contribution in [0.2, 0.25) is 0 Å². The molecule has 0 spiro atoms. The molecular formula is C5H11N3S. The molecule has 0 aromatic carbocycles. The average Bonchev–Trinajstić information content (AvgIpc) is 1.59. The van der Waals surface area contributed by atoms with Crippen molar-refractivity contribution in [2.45, 2.75) is 25.6 Å². The largest absolute Gasteiger partial charge is 0.360 e. The molecule has 1 aliphatic heterocycles. The molecule has 1 heterocycles. The Morgan fingerprint density at radius 3 is 2.78 bits per heavy atom. The maximum atomic E-state index is 5.58. The van der Waals surface area contributed by atoms with Crippen LogP contribution in [0.15, 0.2) is 0 Å². The van der Waals surface area contributed by atoms with Gasteiger partial charge in [0.2, 0.25) is 0 Å². The zero-order chi connectivity index (χ0) is 6.85. The van der Waals surface area contributed by atoms with Crippen molar-refractivity contribution < 1.29 is 0 Å². The van der Waals surface area contributed by atoms with Crippen LogP contribution in [-0.2, 0) is 0 Å². The number of hydrogen-bond acceptors (Lipinski definition) is 2. The molecule has 1 fully saturated rings. The molecule has 1 rings (SSSR count). The van der Waals surface area contributed by atoms with E-state index in [1.807, 2.05) is 0 Å². The van der Waals surface area contributed by atoms with Crippen molar-refractivity contribution in [3.63, 3.8) is 0 Å². The minimum absolute atomic E-state index is 0.0359. The van der Waals surface area contributed by atoms with Crippen LogP contribution in [0.5, 0.6) is 0 Å². The highest BCUT2D eigenvalue weighted by Gasteiger charge is 2.15. The van der Waals surface area contributed by atoms with Gasteiger partial charge in [0.1, 0.15) is 0 Å². The van der Waals surface area contributed by atoms with Gasteiger partial charge in [-0.3, -0.25) is 0 Å². The van der Waals surface area contributed by atoms with Crippen LogP contribution in [0, 0.1) is 0 Å². The second-order valence-electron chi connectivity index (χ2n) is 2.36. The summed E-state index contributed by atoms with van der Waals surface area (Å²) in [6.07, 6.45) is 0.967. The third kappa shape index (κ3) is 1.80. The van der Waals surface area contributed by atoms with Gasteiger partial charge in [0.15, 0.2) is 5.11 Å². The SMILES string of the molecule is CC1CC(N)NC(=S)N1. The highest BCUT2D eigenvalue weighted by atomic mass is 32.1. The van der Waals surface area contributed by atoms with Crippen molar-refractivity contribution >= 4 is 17.3 Å². The first-order valence-corrected chi connectivity index (χ1v) is 3.42. The molecular weight excluding hydrogens is 134 g/mol. The molecule has 52 valence electrons. The molecule has 0 aliphatic carbocycles. The molecule has 4 N–H and O–H groups in total. The van der Waals surface area contributed by atoms with Crippen LogP contribution in [0.25, 0.3) is 0 Å². The van der Waals surface area contributed by atoms with Gasteiger partial charge in [-0.1, -0.05) is 0 Å². The van der Waals surface area contributed by atoms with Crippen molar-refractivity contribution in [3.8, 4) is 0 Å². The molecule has 1 aliphatic rings. The first-order valence-electron chi connectivity index (χ1n) is 3.01. The quantitative estimate of drug-likeness (QED) is 0.403. The summed E-state index contributed by atoms with van der Waals surface area (Å²) in [5.74, 6) is 0. The van der Waals surface area contributed by atoms with Crippen LogP contribution in [0.3, 0.4) is 0 Å². The second kappa shape index (κ2) is 2.49. The lowest BCUT2D eigenvalue weighted by Crippen LogP contribution is -2.56. The zero-order valence-corrected chi connectivity index (χ0v) is 6.16. The summed E-state index contributed by atoms with van der Waals surface area (Å²) in [7, 11) is 0. The Balaban J connectivity index is 2.43. The number of nitrogens with two attached hydrogens (primary N) is 1. The first kappa shape index (κ1) is 6.77. The third-order valence-electron chi connectivity index (χ3n) is 1.30. The van der Waals surface area contributed by atoms with Crippen molar-refractivity contribution in [1.29, 1.82) is 0 Å². The van der Waals surface area contributed by atoms with E-state index in [-0.39, 0.29) is 6.17 Å². The number of thiocarbonyl (C=S) groups is 1. The minimum atomic E-state index is 0.0359. The summed E-state index contributed by atoms with van der Waals surface area (Å²) < 4.78 is 0. The number of rotatable bonds is 0. The maximum Gasteiger partial charge on any atom is 0.167 e. The lowest BCUT2D eigenvalue weighted by atomic mass is 10.2. The van der Waals surface area contributed by atoms with Crippen LogP contribution >= 0.6 is 12.2 Å². The summed E-state index contributed by atoms with van der Waals surface area (Å²) >= 11 is 4.86.